The molecule has 0 saturated carbocycles. The molecule has 34 heavy (non-hydrogen) atoms. The lowest BCUT2D eigenvalue weighted by atomic mass is 10.0. The molecule has 1 unspecified atom stereocenters. The third-order valence-electron chi connectivity index (χ3n) is 6.63. The Morgan fingerprint density at radius 2 is 1.79 bits per heavy atom. The molecule has 1 N–H and O–H groups in total. The summed E-state index contributed by atoms with van der Waals surface area (Å²) in [6.45, 7) is 3.15. The van der Waals surface area contributed by atoms with Gasteiger partial charge in [0.25, 0.3) is 5.91 Å². The van der Waals surface area contributed by atoms with Crippen molar-refractivity contribution >= 4 is 43.2 Å². The fraction of sp³-hybridized carbons (Fsp3) is 0.231. The van der Waals surface area contributed by atoms with E-state index >= 15 is 0 Å². The van der Waals surface area contributed by atoms with E-state index in [2.05, 4.69) is 36.5 Å². The largest absolute Gasteiger partial charge is 0.298 e. The molecule has 4 aromatic rings. The third-order valence-corrected chi connectivity index (χ3v) is 9.51. The van der Waals surface area contributed by atoms with E-state index in [9.17, 15) is 13.2 Å². The second-order valence-electron chi connectivity index (χ2n) is 8.99. The Hall–Kier alpha value is -3.07. The van der Waals surface area contributed by atoms with E-state index in [0.29, 0.717) is 29.7 Å². The van der Waals surface area contributed by atoms with Gasteiger partial charge in [-0.15, -0.1) is 0 Å². The van der Waals surface area contributed by atoms with Crippen LogP contribution in [-0.2, 0) is 10.0 Å². The zero-order valence-corrected chi connectivity index (χ0v) is 20.2. The van der Waals surface area contributed by atoms with E-state index in [1.807, 2.05) is 12.1 Å². The van der Waals surface area contributed by atoms with Gasteiger partial charge >= 0.3 is 0 Å². The molecule has 3 aromatic carbocycles. The molecule has 2 heterocycles. The molecule has 0 spiro atoms. The van der Waals surface area contributed by atoms with Gasteiger partial charge in [-0.3, -0.25) is 10.1 Å². The van der Waals surface area contributed by atoms with E-state index in [4.69, 9.17) is 4.98 Å². The Morgan fingerprint density at radius 1 is 1.06 bits per heavy atom. The Bertz CT molecular complexity index is 1490. The smallest absolute Gasteiger partial charge is 0.257 e. The van der Waals surface area contributed by atoms with Gasteiger partial charge in [0.05, 0.1) is 15.5 Å². The first-order valence-corrected chi connectivity index (χ1v) is 13.6. The molecular formula is C26H23N3O3S2. The normalized spacial score (nSPS) is 17.6. The first kappa shape index (κ1) is 21.5. The van der Waals surface area contributed by atoms with Gasteiger partial charge < -0.3 is 0 Å². The van der Waals surface area contributed by atoms with Crippen molar-refractivity contribution in [3.8, 4) is 21.7 Å². The third kappa shape index (κ3) is 3.45. The second-order valence-corrected chi connectivity index (χ2v) is 11.9. The number of anilines is 1. The van der Waals surface area contributed by atoms with E-state index in [1.54, 1.807) is 16.4 Å². The maximum absolute atomic E-state index is 13.0. The number of hydrogen-bond acceptors (Lipinski definition) is 5. The summed E-state index contributed by atoms with van der Waals surface area (Å²) in [5.74, 6) is 0.0434. The fourth-order valence-corrected chi connectivity index (χ4v) is 7.53. The van der Waals surface area contributed by atoms with Crippen molar-refractivity contribution in [3.05, 3.63) is 66.2 Å². The molecule has 1 aliphatic carbocycles. The number of carbonyl (C=O) groups is 1. The molecule has 1 amide bonds. The minimum atomic E-state index is -3.55. The maximum Gasteiger partial charge on any atom is 0.257 e. The summed E-state index contributed by atoms with van der Waals surface area (Å²) in [5, 5.41) is 5.80. The number of amides is 1. The zero-order chi connectivity index (χ0) is 23.4. The SMILES string of the molecule is CC1CCCN(S(=O)(=O)c2ccc(C(=O)Nc3nc4c(s3)-c3cccc5cccc-4c35)cc2)C1. The van der Waals surface area contributed by atoms with Crippen molar-refractivity contribution in [2.75, 3.05) is 18.4 Å². The highest BCUT2D eigenvalue weighted by molar-refractivity contribution is 7.89. The van der Waals surface area contributed by atoms with Crippen molar-refractivity contribution in [1.29, 1.82) is 0 Å². The summed E-state index contributed by atoms with van der Waals surface area (Å²) in [7, 11) is -3.55. The quantitative estimate of drug-likeness (QED) is 0.356. The van der Waals surface area contributed by atoms with E-state index in [-0.39, 0.29) is 10.8 Å². The number of piperidine rings is 1. The van der Waals surface area contributed by atoms with Crippen LogP contribution in [0.2, 0.25) is 0 Å². The van der Waals surface area contributed by atoms with Gasteiger partial charge in [0.15, 0.2) is 5.13 Å². The first-order chi connectivity index (χ1) is 16.4. The predicted molar refractivity (Wildman–Crippen MR) is 136 cm³/mol. The number of hydrogen-bond donors (Lipinski definition) is 1. The molecule has 6 rings (SSSR count). The van der Waals surface area contributed by atoms with E-state index < -0.39 is 10.0 Å². The number of benzene rings is 3. The van der Waals surface area contributed by atoms with Crippen molar-refractivity contribution < 1.29 is 13.2 Å². The average molecular weight is 490 g/mol. The number of nitrogens with one attached hydrogen (secondary N) is 1. The van der Waals surface area contributed by atoms with E-state index in [1.165, 1.54) is 34.2 Å². The van der Waals surface area contributed by atoms with Gasteiger partial charge in [-0.1, -0.05) is 54.7 Å². The Labute approximate surface area is 202 Å². The Kier molecular flexibility index (Phi) is 5.05. The number of aromatic nitrogens is 1. The highest BCUT2D eigenvalue weighted by Gasteiger charge is 2.29. The average Bonchev–Trinajstić information content (AvgIpc) is 3.38. The van der Waals surface area contributed by atoms with Crippen LogP contribution in [0.1, 0.15) is 30.1 Å². The highest BCUT2D eigenvalue weighted by atomic mass is 32.2. The van der Waals surface area contributed by atoms with Gasteiger partial charge in [-0.2, -0.15) is 4.31 Å². The minimum Gasteiger partial charge on any atom is -0.298 e. The van der Waals surface area contributed by atoms with Gasteiger partial charge in [0.2, 0.25) is 10.0 Å². The number of sulfonamides is 1. The van der Waals surface area contributed by atoms with Crippen LogP contribution in [0, 0.1) is 5.92 Å². The molecule has 2 aliphatic rings. The van der Waals surface area contributed by atoms with E-state index in [0.717, 1.165) is 34.5 Å². The number of fused-ring (bicyclic) bond motifs is 3. The van der Waals surface area contributed by atoms with Crippen molar-refractivity contribution in [3.63, 3.8) is 0 Å². The topological polar surface area (TPSA) is 79.4 Å². The standard InChI is InChI=1S/C26H23N3O3S2/c1-16-5-4-14-29(15-16)34(31,32)19-12-10-18(11-13-19)25(30)28-26-27-23-20-8-2-6-17-7-3-9-21(22(17)20)24(23)33-26/h2-3,6-13,16H,4-5,14-15H2,1H3,(H,27,28,30). The Morgan fingerprint density at radius 3 is 2.53 bits per heavy atom. The summed E-state index contributed by atoms with van der Waals surface area (Å²) in [4.78, 5) is 18.9. The van der Waals surface area contributed by atoms with Gasteiger partial charge in [-0.25, -0.2) is 13.4 Å². The number of carbonyl (C=O) groups excluding carboxylic acids is 1. The van der Waals surface area contributed by atoms with Crippen LogP contribution < -0.4 is 5.32 Å². The van der Waals surface area contributed by atoms with Crippen LogP contribution in [-0.4, -0.2) is 36.7 Å². The Balaban J connectivity index is 1.22. The van der Waals surface area contributed by atoms with Crippen LogP contribution in [0.15, 0.2) is 65.6 Å². The highest BCUT2D eigenvalue weighted by Crippen LogP contribution is 2.50. The van der Waals surface area contributed by atoms with Crippen molar-refractivity contribution in [2.24, 2.45) is 5.92 Å². The van der Waals surface area contributed by atoms with Crippen LogP contribution >= 0.6 is 11.3 Å². The molecule has 1 aliphatic heterocycles. The molecule has 1 atom stereocenters. The first-order valence-electron chi connectivity index (χ1n) is 11.4. The summed E-state index contributed by atoms with van der Waals surface area (Å²) in [6, 6.07) is 18.6. The second kappa shape index (κ2) is 8.01. The molecule has 0 radical (unpaired) electrons. The molecule has 8 heteroatoms. The zero-order valence-electron chi connectivity index (χ0n) is 18.6. The summed E-state index contributed by atoms with van der Waals surface area (Å²) >= 11 is 1.46. The van der Waals surface area contributed by atoms with Crippen LogP contribution in [0.25, 0.3) is 32.5 Å². The monoisotopic (exact) mass is 489 g/mol. The van der Waals surface area contributed by atoms with Crippen LogP contribution in [0.3, 0.4) is 0 Å². The maximum atomic E-state index is 13.0. The number of thiazole rings is 1. The molecule has 1 fully saturated rings. The van der Waals surface area contributed by atoms with Crippen LogP contribution in [0.4, 0.5) is 5.13 Å². The number of rotatable bonds is 4. The fourth-order valence-electron chi connectivity index (χ4n) is 4.93. The summed E-state index contributed by atoms with van der Waals surface area (Å²) < 4.78 is 27.5. The molecule has 6 nitrogen and oxygen atoms in total. The van der Waals surface area contributed by atoms with Gasteiger partial charge in [-0.05, 0) is 53.8 Å². The molecular weight excluding hydrogens is 466 g/mol. The van der Waals surface area contributed by atoms with Gasteiger partial charge in [0, 0.05) is 29.8 Å². The summed E-state index contributed by atoms with van der Waals surface area (Å²) in [5.41, 5.74) is 3.51. The molecule has 0 bridgehead atoms. The van der Waals surface area contributed by atoms with Crippen molar-refractivity contribution in [1.82, 2.24) is 9.29 Å². The van der Waals surface area contributed by atoms with Crippen molar-refractivity contribution in [2.45, 2.75) is 24.7 Å². The molecule has 1 saturated heterocycles. The molecule has 172 valence electrons. The predicted octanol–water partition coefficient (Wildman–Crippen LogP) is 5.62. The van der Waals surface area contributed by atoms with Crippen LogP contribution in [0.5, 0.6) is 0 Å². The molecule has 1 aromatic heterocycles. The lowest BCUT2D eigenvalue weighted by Gasteiger charge is -2.30. The lowest BCUT2D eigenvalue weighted by molar-refractivity contribution is 0.102. The number of nitrogens with zero attached hydrogens (tertiary/aromatic N) is 2. The lowest BCUT2D eigenvalue weighted by Crippen LogP contribution is -2.39. The van der Waals surface area contributed by atoms with Gasteiger partial charge in [0.1, 0.15) is 0 Å². The minimum absolute atomic E-state index is 0.219. The summed E-state index contributed by atoms with van der Waals surface area (Å²) in [6.07, 6.45) is 1.92.